The van der Waals surface area contributed by atoms with E-state index in [4.69, 9.17) is 5.73 Å². The lowest BCUT2D eigenvalue weighted by Crippen LogP contribution is -2.39. The molecule has 0 aliphatic carbocycles. The van der Waals surface area contributed by atoms with Crippen LogP contribution in [0.15, 0.2) is 17.0 Å². The molecular weight excluding hydrogens is 313 g/mol. The van der Waals surface area contributed by atoms with Crippen LogP contribution in [-0.4, -0.2) is 51.0 Å². The smallest absolute Gasteiger partial charge is 0.240 e. The molecule has 2 rings (SSSR count). The first-order valence-electron chi connectivity index (χ1n) is 6.75. The molecule has 0 aromatic heterocycles. The van der Waals surface area contributed by atoms with Crippen LogP contribution in [0.2, 0.25) is 0 Å². The third kappa shape index (κ3) is 4.32. The maximum absolute atomic E-state index is 13.4. The van der Waals surface area contributed by atoms with Gasteiger partial charge in [-0.1, -0.05) is 0 Å². The van der Waals surface area contributed by atoms with Gasteiger partial charge in [-0.2, -0.15) is 11.8 Å². The highest BCUT2D eigenvalue weighted by Gasteiger charge is 2.18. The van der Waals surface area contributed by atoms with Gasteiger partial charge in [0.1, 0.15) is 5.82 Å². The van der Waals surface area contributed by atoms with Crippen molar-refractivity contribution >= 4 is 27.5 Å². The van der Waals surface area contributed by atoms with Crippen molar-refractivity contribution in [1.29, 1.82) is 0 Å². The summed E-state index contributed by atoms with van der Waals surface area (Å²) in [5, 5.41) is 0. The molecule has 0 bridgehead atoms. The van der Waals surface area contributed by atoms with Gasteiger partial charge in [0, 0.05) is 37.7 Å². The van der Waals surface area contributed by atoms with Gasteiger partial charge in [-0.3, -0.25) is 0 Å². The first-order chi connectivity index (χ1) is 9.90. The molecule has 1 aromatic carbocycles. The van der Waals surface area contributed by atoms with Crippen LogP contribution in [0.1, 0.15) is 5.56 Å². The first-order valence-corrected chi connectivity index (χ1v) is 9.39. The van der Waals surface area contributed by atoms with Crippen LogP contribution in [0.3, 0.4) is 0 Å². The topological polar surface area (TPSA) is 75.4 Å². The molecule has 3 N–H and O–H groups in total. The lowest BCUT2D eigenvalue weighted by molar-refractivity contribution is 0.307. The van der Waals surface area contributed by atoms with Crippen LogP contribution in [-0.2, 0) is 10.0 Å². The molecule has 21 heavy (non-hydrogen) atoms. The average Bonchev–Trinajstić information content (AvgIpc) is 2.45. The number of hydrogen-bond acceptors (Lipinski definition) is 5. The van der Waals surface area contributed by atoms with E-state index in [-0.39, 0.29) is 16.1 Å². The van der Waals surface area contributed by atoms with Gasteiger partial charge in [0.15, 0.2) is 0 Å². The van der Waals surface area contributed by atoms with E-state index in [1.807, 2.05) is 11.8 Å². The summed E-state index contributed by atoms with van der Waals surface area (Å²) in [7, 11) is -3.65. The van der Waals surface area contributed by atoms with Crippen LogP contribution in [0.5, 0.6) is 0 Å². The van der Waals surface area contributed by atoms with Crippen molar-refractivity contribution < 1.29 is 12.8 Å². The third-order valence-corrected chi connectivity index (χ3v) is 5.77. The molecule has 1 aromatic rings. The number of benzene rings is 1. The molecule has 0 radical (unpaired) electrons. The molecule has 1 aliphatic rings. The highest BCUT2D eigenvalue weighted by Crippen LogP contribution is 2.20. The number of thioether (sulfide) groups is 1. The maximum Gasteiger partial charge on any atom is 0.240 e. The van der Waals surface area contributed by atoms with Crippen molar-refractivity contribution in [3.8, 4) is 0 Å². The van der Waals surface area contributed by atoms with Crippen molar-refractivity contribution in [1.82, 2.24) is 9.62 Å². The summed E-state index contributed by atoms with van der Waals surface area (Å²) in [5.41, 5.74) is 5.56. The number of nitrogens with zero attached hydrogens (tertiary/aromatic N) is 1. The van der Waals surface area contributed by atoms with Gasteiger partial charge in [-0.15, -0.1) is 0 Å². The van der Waals surface area contributed by atoms with E-state index in [9.17, 15) is 12.8 Å². The summed E-state index contributed by atoms with van der Waals surface area (Å²) in [6.07, 6.45) is 0. The van der Waals surface area contributed by atoms with Crippen LogP contribution in [0, 0.1) is 12.7 Å². The molecule has 0 saturated carbocycles. The van der Waals surface area contributed by atoms with E-state index in [0.717, 1.165) is 30.7 Å². The lowest BCUT2D eigenvalue weighted by atomic mass is 10.2. The van der Waals surface area contributed by atoms with E-state index in [1.165, 1.54) is 13.0 Å². The molecule has 118 valence electrons. The van der Waals surface area contributed by atoms with Gasteiger partial charge < -0.3 is 10.6 Å². The number of nitrogens with one attached hydrogen (secondary N) is 1. The molecule has 0 atom stereocenters. The summed E-state index contributed by atoms with van der Waals surface area (Å²) in [4.78, 5) is 2.23. The van der Waals surface area contributed by atoms with Gasteiger partial charge in [0.05, 0.1) is 10.6 Å². The number of halogens is 1. The second-order valence-corrected chi connectivity index (χ2v) is 7.99. The first kappa shape index (κ1) is 16.5. The number of rotatable bonds is 5. The fourth-order valence-electron chi connectivity index (χ4n) is 2.16. The van der Waals surface area contributed by atoms with E-state index in [1.54, 1.807) is 0 Å². The van der Waals surface area contributed by atoms with Gasteiger partial charge in [0.25, 0.3) is 0 Å². The van der Waals surface area contributed by atoms with Gasteiger partial charge in [-0.25, -0.2) is 17.5 Å². The molecule has 1 fully saturated rings. The van der Waals surface area contributed by atoms with Gasteiger partial charge >= 0.3 is 0 Å². The number of aryl methyl sites for hydroxylation is 1. The van der Waals surface area contributed by atoms with Crippen LogP contribution < -0.4 is 10.5 Å². The zero-order chi connectivity index (χ0) is 15.5. The predicted octanol–water partition coefficient (Wildman–Crippen LogP) is 1.04. The standard InChI is InChI=1S/C13H20FN3O2S2/c1-10-8-11(9-12(15)13(10)14)21(18,19)16-2-3-17-4-6-20-7-5-17/h8-9,16H,2-7,15H2,1H3. The second-order valence-electron chi connectivity index (χ2n) is 5.00. The Labute approximate surface area is 129 Å². The fourth-order valence-corrected chi connectivity index (χ4v) is 4.28. The Hall–Kier alpha value is -0.830. The minimum atomic E-state index is -3.65. The van der Waals surface area contributed by atoms with Crippen LogP contribution in [0.4, 0.5) is 10.1 Å². The number of hydrogen-bond donors (Lipinski definition) is 2. The Kier molecular flexibility index (Phi) is 5.48. The molecule has 0 spiro atoms. The molecule has 5 nitrogen and oxygen atoms in total. The number of anilines is 1. The Morgan fingerprint density at radius 3 is 2.67 bits per heavy atom. The average molecular weight is 333 g/mol. The van der Waals surface area contributed by atoms with E-state index in [0.29, 0.717) is 13.1 Å². The monoisotopic (exact) mass is 333 g/mol. The van der Waals surface area contributed by atoms with Gasteiger partial charge in [0.2, 0.25) is 10.0 Å². The Morgan fingerprint density at radius 1 is 1.38 bits per heavy atom. The minimum absolute atomic E-state index is 0.00750. The van der Waals surface area contributed by atoms with Crippen molar-refractivity contribution in [2.75, 3.05) is 43.4 Å². The Balaban J connectivity index is 1.98. The van der Waals surface area contributed by atoms with Crippen LogP contribution >= 0.6 is 11.8 Å². The van der Waals surface area contributed by atoms with Crippen LogP contribution in [0.25, 0.3) is 0 Å². The maximum atomic E-state index is 13.4. The molecule has 0 unspecified atom stereocenters. The number of nitrogen functional groups attached to an aromatic ring is 1. The highest BCUT2D eigenvalue weighted by molar-refractivity contribution is 7.99. The Morgan fingerprint density at radius 2 is 2.05 bits per heavy atom. The predicted molar refractivity (Wildman–Crippen MR) is 84.5 cm³/mol. The quantitative estimate of drug-likeness (QED) is 0.788. The van der Waals surface area contributed by atoms with Crippen molar-refractivity contribution in [3.63, 3.8) is 0 Å². The SMILES string of the molecule is Cc1cc(S(=O)(=O)NCCN2CCSCC2)cc(N)c1F. The zero-order valence-electron chi connectivity index (χ0n) is 11.9. The normalized spacial score (nSPS) is 17.0. The van der Waals surface area contributed by atoms with Crippen molar-refractivity contribution in [3.05, 3.63) is 23.5 Å². The molecule has 0 amide bonds. The number of sulfonamides is 1. The summed E-state index contributed by atoms with van der Waals surface area (Å²) in [5.74, 6) is 1.60. The summed E-state index contributed by atoms with van der Waals surface area (Å²) < 4.78 is 40.3. The molecule has 8 heteroatoms. The van der Waals surface area contributed by atoms with Gasteiger partial charge in [-0.05, 0) is 24.6 Å². The van der Waals surface area contributed by atoms with E-state index < -0.39 is 15.8 Å². The van der Waals surface area contributed by atoms with Crippen molar-refractivity contribution in [2.24, 2.45) is 0 Å². The molecule has 1 heterocycles. The molecule has 1 saturated heterocycles. The zero-order valence-corrected chi connectivity index (χ0v) is 13.6. The van der Waals surface area contributed by atoms with E-state index in [2.05, 4.69) is 9.62 Å². The van der Waals surface area contributed by atoms with Crippen molar-refractivity contribution in [2.45, 2.75) is 11.8 Å². The summed E-state index contributed by atoms with van der Waals surface area (Å²) in [6, 6.07) is 2.45. The fraction of sp³-hybridized carbons (Fsp3) is 0.538. The molecule has 1 aliphatic heterocycles. The highest BCUT2D eigenvalue weighted by atomic mass is 32.2. The third-order valence-electron chi connectivity index (χ3n) is 3.39. The second kappa shape index (κ2) is 6.95. The number of nitrogens with two attached hydrogens (primary N) is 1. The molecular formula is C13H20FN3O2S2. The minimum Gasteiger partial charge on any atom is -0.396 e. The lowest BCUT2D eigenvalue weighted by Gasteiger charge is -2.26. The largest absolute Gasteiger partial charge is 0.396 e. The summed E-state index contributed by atoms with van der Waals surface area (Å²) >= 11 is 1.91. The summed E-state index contributed by atoms with van der Waals surface area (Å²) in [6.45, 7) is 4.47. The Bertz CT molecular complexity index is 578. The van der Waals surface area contributed by atoms with E-state index >= 15 is 0 Å².